The molecule has 1 aromatic carbocycles. The number of carboxylic acid groups (broad SMARTS) is 1. The topological polar surface area (TPSA) is 152 Å². The van der Waals surface area contributed by atoms with E-state index in [1.807, 2.05) is 38.4 Å². The van der Waals surface area contributed by atoms with Gasteiger partial charge in [-0.25, -0.2) is 14.8 Å². The number of aromatic nitrogens is 3. The number of primary amides is 1. The summed E-state index contributed by atoms with van der Waals surface area (Å²) in [6, 6.07) is 8.29. The van der Waals surface area contributed by atoms with Crippen molar-refractivity contribution in [3.8, 4) is 0 Å². The molecule has 0 radical (unpaired) electrons. The van der Waals surface area contributed by atoms with E-state index in [-0.39, 0.29) is 28.1 Å². The average Bonchev–Trinajstić information content (AvgIpc) is 3.37. The van der Waals surface area contributed by atoms with Gasteiger partial charge in [-0.05, 0) is 37.9 Å². The molecule has 190 valence electrons. The van der Waals surface area contributed by atoms with Crippen molar-refractivity contribution in [3.63, 3.8) is 0 Å². The predicted molar refractivity (Wildman–Crippen MR) is 139 cm³/mol. The Bertz CT molecular complexity index is 1250. The van der Waals surface area contributed by atoms with E-state index in [1.54, 1.807) is 4.90 Å². The summed E-state index contributed by atoms with van der Waals surface area (Å²) in [7, 11) is 4.01. The van der Waals surface area contributed by atoms with Crippen LogP contribution in [0.1, 0.15) is 40.4 Å². The Balaban J connectivity index is 1.77. The number of aromatic amines is 1. The molecule has 13 heteroatoms. The standard InChI is InChI=1S/C23H26Cl2N8O3/c1-32(2)10-9-27-13-5-3-12(4-6-13)22-31-21-17(14(23(35)36)7-8-28-21)33(22)15(11-16(26)34)20-29-18(24)19(25)30-20/h3-8,15,22,27H,9-11H2,1-2H3,(H2,26,34)(H,28,31)(H,29,30)(H,35,36). The lowest BCUT2D eigenvalue weighted by Gasteiger charge is -2.34. The van der Waals surface area contributed by atoms with Gasteiger partial charge in [0.15, 0.2) is 11.0 Å². The molecule has 3 aromatic rings. The number of aromatic carboxylic acids is 1. The number of anilines is 3. The third-order valence-electron chi connectivity index (χ3n) is 5.76. The lowest BCUT2D eigenvalue weighted by atomic mass is 10.0. The summed E-state index contributed by atoms with van der Waals surface area (Å²) in [5.74, 6) is -1.14. The van der Waals surface area contributed by atoms with E-state index in [0.29, 0.717) is 11.5 Å². The van der Waals surface area contributed by atoms with E-state index >= 15 is 0 Å². The molecule has 6 N–H and O–H groups in total. The third kappa shape index (κ3) is 5.32. The van der Waals surface area contributed by atoms with E-state index in [9.17, 15) is 14.7 Å². The van der Waals surface area contributed by atoms with Crippen LogP contribution in [0.5, 0.6) is 0 Å². The number of nitrogens with one attached hydrogen (secondary N) is 3. The molecule has 2 unspecified atom stereocenters. The fourth-order valence-electron chi connectivity index (χ4n) is 4.13. The Morgan fingerprint density at radius 2 is 1.97 bits per heavy atom. The van der Waals surface area contributed by atoms with Gasteiger partial charge in [-0.2, -0.15) is 0 Å². The normalized spacial score (nSPS) is 15.5. The van der Waals surface area contributed by atoms with Crippen LogP contribution in [0.2, 0.25) is 10.3 Å². The average molecular weight is 533 g/mol. The number of benzene rings is 1. The minimum Gasteiger partial charge on any atom is -0.478 e. The number of nitrogens with zero attached hydrogens (tertiary/aromatic N) is 4. The van der Waals surface area contributed by atoms with E-state index < -0.39 is 24.1 Å². The molecule has 2 aromatic heterocycles. The van der Waals surface area contributed by atoms with Crippen LogP contribution in [0.4, 0.5) is 17.2 Å². The molecule has 0 spiro atoms. The number of carboxylic acids is 1. The maximum atomic E-state index is 12.1. The van der Waals surface area contributed by atoms with Crippen LogP contribution < -0.4 is 21.3 Å². The van der Waals surface area contributed by atoms with Crippen LogP contribution in [-0.4, -0.2) is 64.0 Å². The first-order valence-electron chi connectivity index (χ1n) is 11.1. The van der Waals surface area contributed by atoms with E-state index in [0.717, 1.165) is 24.3 Å². The number of amides is 1. The minimum absolute atomic E-state index is 0.00944. The van der Waals surface area contributed by atoms with Gasteiger partial charge in [0.1, 0.15) is 17.1 Å². The quantitative estimate of drug-likeness (QED) is 0.264. The Labute approximate surface area is 217 Å². The Morgan fingerprint density at radius 3 is 2.56 bits per heavy atom. The number of pyridine rings is 1. The molecule has 0 fully saturated rings. The number of imidazole rings is 1. The zero-order chi connectivity index (χ0) is 26.0. The molecule has 3 heterocycles. The highest BCUT2D eigenvalue weighted by molar-refractivity contribution is 6.40. The van der Waals surface area contributed by atoms with Crippen LogP contribution in [0.25, 0.3) is 0 Å². The first-order chi connectivity index (χ1) is 17.2. The summed E-state index contributed by atoms with van der Waals surface area (Å²) in [6.45, 7) is 1.65. The molecule has 1 aliphatic heterocycles. The number of carbonyl (C=O) groups excluding carboxylic acids is 1. The largest absolute Gasteiger partial charge is 0.478 e. The van der Waals surface area contributed by atoms with Crippen molar-refractivity contribution in [3.05, 3.63) is 63.8 Å². The van der Waals surface area contributed by atoms with Crippen LogP contribution >= 0.6 is 23.2 Å². The smallest absolute Gasteiger partial charge is 0.338 e. The molecule has 1 amide bonds. The Hall–Kier alpha value is -3.54. The summed E-state index contributed by atoms with van der Waals surface area (Å²) in [4.78, 5) is 39.6. The summed E-state index contributed by atoms with van der Waals surface area (Å²) in [6.07, 6.45) is 0.642. The van der Waals surface area contributed by atoms with Crippen molar-refractivity contribution >= 4 is 52.3 Å². The lowest BCUT2D eigenvalue weighted by molar-refractivity contribution is -0.118. The summed E-state index contributed by atoms with van der Waals surface area (Å²) in [5.41, 5.74) is 7.65. The Kier molecular flexibility index (Phi) is 7.53. The fraction of sp³-hybridized carbons (Fsp3) is 0.304. The van der Waals surface area contributed by atoms with Gasteiger partial charge in [0.05, 0.1) is 23.7 Å². The van der Waals surface area contributed by atoms with E-state index in [4.69, 9.17) is 28.9 Å². The number of hydrogen-bond acceptors (Lipinski definition) is 8. The second-order valence-corrected chi connectivity index (χ2v) is 9.32. The SMILES string of the molecule is CN(C)CCNc1ccc(C2Nc3nccc(C(=O)O)c3N2C(CC(N)=O)c2nc(Cl)c(Cl)[nH]2)cc1. The number of carbonyl (C=O) groups is 2. The van der Waals surface area contributed by atoms with Crippen molar-refractivity contribution in [1.29, 1.82) is 0 Å². The van der Waals surface area contributed by atoms with Gasteiger partial charge in [0.25, 0.3) is 0 Å². The molecule has 2 atom stereocenters. The van der Waals surface area contributed by atoms with Crippen LogP contribution in [0.3, 0.4) is 0 Å². The number of rotatable bonds is 10. The molecule has 0 saturated heterocycles. The summed E-state index contributed by atoms with van der Waals surface area (Å²) >= 11 is 12.2. The zero-order valence-corrected chi connectivity index (χ0v) is 21.1. The molecule has 0 saturated carbocycles. The molecule has 0 bridgehead atoms. The van der Waals surface area contributed by atoms with Gasteiger partial charge in [-0.1, -0.05) is 35.3 Å². The van der Waals surface area contributed by atoms with Gasteiger partial charge in [0.2, 0.25) is 5.91 Å². The van der Waals surface area contributed by atoms with E-state index in [2.05, 4.69) is 30.5 Å². The van der Waals surface area contributed by atoms with Crippen LogP contribution in [-0.2, 0) is 4.79 Å². The highest BCUT2D eigenvalue weighted by Gasteiger charge is 2.41. The Morgan fingerprint density at radius 1 is 1.25 bits per heavy atom. The first kappa shape index (κ1) is 25.5. The number of H-pyrrole nitrogens is 1. The predicted octanol–water partition coefficient (Wildman–Crippen LogP) is 3.33. The number of likely N-dealkylation sites (N-methyl/N-ethyl adjacent to an activating group) is 1. The van der Waals surface area contributed by atoms with Crippen molar-refractivity contribution in [2.75, 3.05) is 42.7 Å². The van der Waals surface area contributed by atoms with Gasteiger partial charge in [-0.3, -0.25) is 4.79 Å². The van der Waals surface area contributed by atoms with Crippen molar-refractivity contribution < 1.29 is 14.7 Å². The number of halogens is 2. The summed E-state index contributed by atoms with van der Waals surface area (Å²) < 4.78 is 0. The highest BCUT2D eigenvalue weighted by atomic mass is 35.5. The van der Waals surface area contributed by atoms with Crippen LogP contribution in [0.15, 0.2) is 36.5 Å². The molecule has 0 aliphatic carbocycles. The monoisotopic (exact) mass is 532 g/mol. The van der Waals surface area contributed by atoms with Gasteiger partial charge < -0.3 is 36.3 Å². The second kappa shape index (κ2) is 10.6. The molecular weight excluding hydrogens is 507 g/mol. The molecule has 1 aliphatic rings. The first-order valence-corrected chi connectivity index (χ1v) is 11.9. The van der Waals surface area contributed by atoms with Gasteiger partial charge in [-0.15, -0.1) is 0 Å². The molecule has 11 nitrogen and oxygen atoms in total. The van der Waals surface area contributed by atoms with Crippen molar-refractivity contribution in [2.24, 2.45) is 5.73 Å². The van der Waals surface area contributed by atoms with Crippen molar-refractivity contribution in [1.82, 2.24) is 19.9 Å². The van der Waals surface area contributed by atoms with Gasteiger partial charge in [0, 0.05) is 25.0 Å². The lowest BCUT2D eigenvalue weighted by Crippen LogP contribution is -2.36. The van der Waals surface area contributed by atoms with Crippen LogP contribution in [0, 0.1) is 0 Å². The number of nitrogens with two attached hydrogens (primary N) is 1. The minimum atomic E-state index is -1.14. The van der Waals surface area contributed by atoms with Crippen molar-refractivity contribution in [2.45, 2.75) is 18.6 Å². The highest BCUT2D eigenvalue weighted by Crippen LogP contribution is 2.48. The number of hydrogen-bond donors (Lipinski definition) is 5. The second-order valence-electron chi connectivity index (χ2n) is 8.58. The number of fused-ring (bicyclic) bond motifs is 1. The molecular formula is C23H26Cl2N8O3. The maximum absolute atomic E-state index is 12.1. The van der Waals surface area contributed by atoms with Gasteiger partial charge >= 0.3 is 5.97 Å². The molecule has 36 heavy (non-hydrogen) atoms. The molecule has 4 rings (SSSR count). The maximum Gasteiger partial charge on any atom is 0.338 e. The summed E-state index contributed by atoms with van der Waals surface area (Å²) in [5, 5.41) is 16.7. The zero-order valence-electron chi connectivity index (χ0n) is 19.6. The van der Waals surface area contributed by atoms with E-state index in [1.165, 1.54) is 12.3 Å². The fourth-order valence-corrected chi connectivity index (χ4v) is 4.41. The third-order valence-corrected chi connectivity index (χ3v) is 6.41.